The largest absolute Gasteiger partial charge is 0.294 e. The van der Waals surface area contributed by atoms with Gasteiger partial charge in [-0.15, -0.1) is 6.58 Å². The third-order valence-corrected chi connectivity index (χ3v) is 6.07. The van der Waals surface area contributed by atoms with Gasteiger partial charge in [0.15, 0.2) is 5.41 Å². The Morgan fingerprint density at radius 1 is 1.17 bits per heavy atom. The molecule has 0 unspecified atom stereocenters. The molecule has 142 valence electrons. The van der Waals surface area contributed by atoms with Crippen molar-refractivity contribution in [2.75, 3.05) is 4.90 Å². The van der Waals surface area contributed by atoms with E-state index in [0.717, 1.165) is 0 Å². The van der Waals surface area contributed by atoms with Gasteiger partial charge >= 0.3 is 0 Å². The van der Waals surface area contributed by atoms with Crippen molar-refractivity contribution in [3.8, 4) is 12.1 Å². The minimum Gasteiger partial charge on any atom is -0.294 e. The van der Waals surface area contributed by atoms with Crippen LogP contribution in [0.4, 0.5) is 5.69 Å². The van der Waals surface area contributed by atoms with Gasteiger partial charge in [-0.3, -0.25) is 19.8 Å². The number of nitriles is 2. The quantitative estimate of drug-likeness (QED) is 0.457. The zero-order chi connectivity index (χ0) is 20.8. The lowest BCUT2D eigenvalue weighted by Crippen LogP contribution is -2.55. The monoisotopic (exact) mass is 384 g/mol. The number of hydrogen-bond acceptors (Lipinski definition) is 5. The molecule has 0 spiro atoms. The number of benzene rings is 2. The van der Waals surface area contributed by atoms with Crippen LogP contribution in [0.15, 0.2) is 67.3 Å². The molecule has 0 N–H and O–H groups in total. The normalized spacial score (nSPS) is 25.9. The van der Waals surface area contributed by atoms with Crippen LogP contribution in [0, 0.1) is 44.1 Å². The van der Waals surface area contributed by atoms with Crippen molar-refractivity contribution in [3.05, 3.63) is 88.5 Å². The average molecular weight is 384 g/mol. The Balaban J connectivity index is 2.07. The first-order chi connectivity index (χ1) is 14.0. The first-order valence-corrected chi connectivity index (χ1v) is 9.05. The van der Waals surface area contributed by atoms with E-state index in [2.05, 4.69) is 6.58 Å². The summed E-state index contributed by atoms with van der Waals surface area (Å²) < 4.78 is 0. The van der Waals surface area contributed by atoms with Crippen LogP contribution in [0.3, 0.4) is 0 Å². The number of rotatable bonds is 3. The SMILES string of the molecule is C=C[C@H]1CC(C#N)(C#N)[C@H]2N(C(=O)c3ccccc3)c3ccccc3[C@]21[N+](=O)[O-]. The van der Waals surface area contributed by atoms with E-state index in [1.165, 1.54) is 11.0 Å². The number of anilines is 1. The summed E-state index contributed by atoms with van der Waals surface area (Å²) >= 11 is 0. The Bertz CT molecular complexity index is 1100. The molecule has 0 aromatic heterocycles. The van der Waals surface area contributed by atoms with E-state index in [1.807, 2.05) is 12.1 Å². The van der Waals surface area contributed by atoms with Crippen LogP contribution in [-0.2, 0) is 5.54 Å². The second-order valence-electron chi connectivity index (χ2n) is 7.28. The van der Waals surface area contributed by atoms with Crippen LogP contribution in [0.5, 0.6) is 0 Å². The van der Waals surface area contributed by atoms with E-state index in [0.29, 0.717) is 16.8 Å². The topological polar surface area (TPSA) is 111 Å². The molecule has 1 amide bonds. The van der Waals surface area contributed by atoms with Crippen molar-refractivity contribution in [2.45, 2.75) is 18.0 Å². The zero-order valence-electron chi connectivity index (χ0n) is 15.4. The van der Waals surface area contributed by atoms with Crippen LogP contribution in [0.1, 0.15) is 22.3 Å². The van der Waals surface area contributed by atoms with Crippen LogP contribution in [-0.4, -0.2) is 16.9 Å². The highest BCUT2D eigenvalue weighted by Crippen LogP contribution is 2.63. The minimum atomic E-state index is -1.81. The van der Waals surface area contributed by atoms with Crippen LogP contribution < -0.4 is 4.90 Å². The van der Waals surface area contributed by atoms with E-state index in [4.69, 9.17) is 0 Å². The molecule has 1 aliphatic heterocycles. The van der Waals surface area contributed by atoms with Gasteiger partial charge in [0.25, 0.3) is 11.4 Å². The Morgan fingerprint density at radius 3 is 2.38 bits per heavy atom. The van der Waals surface area contributed by atoms with Crippen molar-refractivity contribution in [2.24, 2.45) is 11.3 Å². The molecule has 0 radical (unpaired) electrons. The first kappa shape index (κ1) is 18.4. The Hall–Kier alpha value is -3.97. The van der Waals surface area contributed by atoms with E-state index in [1.54, 1.807) is 54.6 Å². The summed E-state index contributed by atoms with van der Waals surface area (Å²) in [4.78, 5) is 26.9. The first-order valence-electron chi connectivity index (χ1n) is 9.05. The van der Waals surface area contributed by atoms with Crippen molar-refractivity contribution in [1.82, 2.24) is 0 Å². The fraction of sp³-hybridized carbons (Fsp3) is 0.227. The molecule has 2 aromatic carbocycles. The molecule has 1 aliphatic carbocycles. The number of fused-ring (bicyclic) bond motifs is 3. The highest BCUT2D eigenvalue weighted by Gasteiger charge is 2.77. The Labute approximate surface area is 167 Å². The maximum Gasteiger partial charge on any atom is 0.278 e. The van der Waals surface area contributed by atoms with Gasteiger partial charge in [0.2, 0.25) is 0 Å². The lowest BCUT2D eigenvalue weighted by atomic mass is 9.78. The molecular formula is C22H16N4O3. The highest BCUT2D eigenvalue weighted by molar-refractivity contribution is 6.08. The number of nitro groups is 1. The molecule has 4 rings (SSSR count). The summed E-state index contributed by atoms with van der Waals surface area (Å²) in [6.45, 7) is 3.74. The van der Waals surface area contributed by atoms with Gasteiger partial charge in [-0.2, -0.15) is 10.5 Å². The third kappa shape index (κ3) is 2.13. The predicted octanol–water partition coefficient (Wildman–Crippen LogP) is 3.43. The van der Waals surface area contributed by atoms with Gasteiger partial charge < -0.3 is 0 Å². The van der Waals surface area contributed by atoms with Gasteiger partial charge in [0, 0.05) is 10.5 Å². The Kier molecular flexibility index (Phi) is 3.99. The fourth-order valence-electron chi connectivity index (χ4n) is 4.90. The summed E-state index contributed by atoms with van der Waals surface area (Å²) in [5, 5.41) is 32.5. The second-order valence-corrected chi connectivity index (χ2v) is 7.28. The number of hydrogen-bond donors (Lipinski definition) is 0. The molecular weight excluding hydrogens is 368 g/mol. The molecule has 7 nitrogen and oxygen atoms in total. The van der Waals surface area contributed by atoms with Crippen molar-refractivity contribution in [1.29, 1.82) is 10.5 Å². The number of amides is 1. The van der Waals surface area contributed by atoms with Crippen LogP contribution in [0.25, 0.3) is 0 Å². The van der Waals surface area contributed by atoms with Gasteiger partial charge in [-0.25, -0.2) is 0 Å². The maximum absolute atomic E-state index is 13.5. The molecule has 1 saturated carbocycles. The summed E-state index contributed by atoms with van der Waals surface area (Å²) in [5.41, 5.74) is -2.54. The van der Waals surface area contributed by atoms with Gasteiger partial charge in [-0.05, 0) is 30.7 Å². The molecule has 7 heteroatoms. The second kappa shape index (κ2) is 6.29. The standard InChI is InChI=1S/C22H16N4O3/c1-2-16-12-21(13-23,14-24)20-22(16,26(28)29)17-10-6-7-11-18(17)25(20)19(27)15-8-4-3-5-9-15/h2-11,16,20H,1,12H2/t16-,20+,22-/m0/s1. The maximum atomic E-state index is 13.5. The lowest BCUT2D eigenvalue weighted by molar-refractivity contribution is -0.585. The van der Waals surface area contributed by atoms with E-state index >= 15 is 0 Å². The molecule has 1 fully saturated rings. The van der Waals surface area contributed by atoms with Gasteiger partial charge in [0.1, 0.15) is 6.04 Å². The molecule has 2 aromatic rings. The highest BCUT2D eigenvalue weighted by atomic mass is 16.6. The lowest BCUT2D eigenvalue weighted by Gasteiger charge is -2.32. The number of nitrogens with zero attached hydrogens (tertiary/aromatic N) is 4. The molecule has 0 bridgehead atoms. The summed E-state index contributed by atoms with van der Waals surface area (Å²) in [7, 11) is 0. The summed E-state index contributed by atoms with van der Waals surface area (Å²) in [6, 6.07) is 17.7. The molecule has 29 heavy (non-hydrogen) atoms. The van der Waals surface area contributed by atoms with Crippen LogP contribution >= 0.6 is 0 Å². The van der Waals surface area contributed by atoms with E-state index < -0.39 is 33.7 Å². The minimum absolute atomic E-state index is 0.0674. The molecule has 2 aliphatic rings. The van der Waals surface area contributed by atoms with Crippen molar-refractivity contribution in [3.63, 3.8) is 0 Å². The van der Waals surface area contributed by atoms with E-state index in [9.17, 15) is 25.4 Å². The third-order valence-electron chi connectivity index (χ3n) is 6.07. The smallest absolute Gasteiger partial charge is 0.278 e. The van der Waals surface area contributed by atoms with Gasteiger partial charge in [-0.1, -0.05) is 36.4 Å². The predicted molar refractivity (Wildman–Crippen MR) is 104 cm³/mol. The molecule has 0 saturated heterocycles. The number of carbonyl (C=O) groups excluding carboxylic acids is 1. The number of carbonyl (C=O) groups is 1. The number of para-hydroxylation sites is 1. The Morgan fingerprint density at radius 2 is 1.79 bits per heavy atom. The van der Waals surface area contributed by atoms with Gasteiger partial charge in [0.05, 0.1) is 29.3 Å². The summed E-state index contributed by atoms with van der Waals surface area (Å²) in [6.07, 6.45) is 1.36. The van der Waals surface area contributed by atoms with Crippen molar-refractivity contribution < 1.29 is 9.72 Å². The molecule has 1 heterocycles. The van der Waals surface area contributed by atoms with Crippen molar-refractivity contribution >= 4 is 11.6 Å². The average Bonchev–Trinajstić information content (AvgIpc) is 3.23. The fourth-order valence-corrected chi connectivity index (χ4v) is 4.90. The summed E-state index contributed by atoms with van der Waals surface area (Å²) in [5.74, 6) is -1.26. The van der Waals surface area contributed by atoms with Crippen LogP contribution in [0.2, 0.25) is 0 Å². The van der Waals surface area contributed by atoms with E-state index in [-0.39, 0.29) is 6.42 Å². The zero-order valence-corrected chi connectivity index (χ0v) is 15.4. The molecule has 3 atom stereocenters.